The molecule has 0 aromatic heterocycles. The average Bonchev–Trinajstić information content (AvgIpc) is 2.82. The van der Waals surface area contributed by atoms with Crippen molar-refractivity contribution in [2.75, 3.05) is 18.6 Å². The minimum Gasteiger partial charge on any atom is -0.496 e. The van der Waals surface area contributed by atoms with Crippen LogP contribution in [-0.2, 0) is 16.1 Å². The number of nitriles is 1. The summed E-state index contributed by atoms with van der Waals surface area (Å²) in [5.74, 6) is 0.317. The van der Waals surface area contributed by atoms with Crippen molar-refractivity contribution in [3.05, 3.63) is 72.3 Å². The molecule has 0 bridgehead atoms. The number of fused-ring (bicyclic) bond motifs is 1. The van der Waals surface area contributed by atoms with Crippen LogP contribution in [0.15, 0.2) is 66.7 Å². The fourth-order valence-electron chi connectivity index (χ4n) is 3.49. The number of ether oxygens (including phenoxy) is 1. The maximum atomic E-state index is 12.7. The maximum Gasteiger partial charge on any atom is 0.227 e. The van der Waals surface area contributed by atoms with Crippen molar-refractivity contribution in [3.63, 3.8) is 0 Å². The van der Waals surface area contributed by atoms with Gasteiger partial charge in [0.15, 0.2) is 0 Å². The number of anilines is 1. The molecule has 3 aromatic carbocycles. The third-order valence-corrected chi connectivity index (χ3v) is 5.06. The van der Waals surface area contributed by atoms with Crippen LogP contribution in [0.1, 0.15) is 24.8 Å². The van der Waals surface area contributed by atoms with Crippen LogP contribution in [0, 0.1) is 11.3 Å². The lowest BCUT2D eigenvalue weighted by atomic mass is 10.0. The van der Waals surface area contributed by atoms with Gasteiger partial charge < -0.3 is 15.0 Å². The number of benzene rings is 3. The van der Waals surface area contributed by atoms with Crippen molar-refractivity contribution in [1.29, 1.82) is 5.26 Å². The highest BCUT2D eigenvalue weighted by Crippen LogP contribution is 2.27. The molecule has 0 heterocycles. The lowest BCUT2D eigenvalue weighted by Crippen LogP contribution is -2.33. The summed E-state index contributed by atoms with van der Waals surface area (Å²) in [5, 5.41) is 13.9. The third-order valence-electron chi connectivity index (χ3n) is 5.06. The van der Waals surface area contributed by atoms with Gasteiger partial charge in [0.05, 0.1) is 19.6 Å². The molecule has 0 radical (unpaired) electrons. The zero-order chi connectivity index (χ0) is 22.1. The van der Waals surface area contributed by atoms with Crippen LogP contribution in [0.3, 0.4) is 0 Å². The molecule has 6 heteroatoms. The van der Waals surface area contributed by atoms with Crippen molar-refractivity contribution >= 4 is 28.3 Å². The summed E-state index contributed by atoms with van der Waals surface area (Å²) in [6, 6.07) is 23.1. The predicted molar refractivity (Wildman–Crippen MR) is 121 cm³/mol. The van der Waals surface area contributed by atoms with Crippen LogP contribution < -0.4 is 15.0 Å². The zero-order valence-electron chi connectivity index (χ0n) is 17.5. The van der Waals surface area contributed by atoms with Crippen LogP contribution >= 0.6 is 0 Å². The molecule has 6 nitrogen and oxygen atoms in total. The Morgan fingerprint density at radius 1 is 1.00 bits per heavy atom. The molecule has 0 unspecified atom stereocenters. The molecule has 31 heavy (non-hydrogen) atoms. The van der Waals surface area contributed by atoms with Gasteiger partial charge in [0.1, 0.15) is 5.75 Å². The van der Waals surface area contributed by atoms with E-state index in [9.17, 15) is 9.59 Å². The Kier molecular flexibility index (Phi) is 7.61. The maximum absolute atomic E-state index is 12.7. The zero-order valence-corrected chi connectivity index (χ0v) is 17.5. The topological polar surface area (TPSA) is 82.4 Å². The van der Waals surface area contributed by atoms with Gasteiger partial charge in [-0.3, -0.25) is 9.59 Å². The minimum absolute atomic E-state index is 0.0683. The van der Waals surface area contributed by atoms with Crippen molar-refractivity contribution in [2.24, 2.45) is 0 Å². The molecule has 3 rings (SSSR count). The standard InChI is InChI=1S/C25H25N3O3/c1-31-23-13-12-19-8-5-6-11-21(19)22(23)18-27-24(29)14-15-25(30)28(17-7-16-26)20-9-3-2-4-10-20/h2-6,8-13H,7,14-15,17-18H2,1H3,(H,27,29). The number of nitrogens with zero attached hydrogens (tertiary/aromatic N) is 2. The number of carbonyl (C=O) groups is 2. The van der Waals surface area contributed by atoms with E-state index in [1.807, 2.05) is 66.7 Å². The number of carbonyl (C=O) groups excluding carboxylic acids is 2. The molecule has 0 saturated heterocycles. The first-order valence-corrected chi connectivity index (χ1v) is 10.2. The van der Waals surface area contributed by atoms with E-state index >= 15 is 0 Å². The molecule has 0 saturated carbocycles. The largest absolute Gasteiger partial charge is 0.496 e. The van der Waals surface area contributed by atoms with Crippen LogP contribution in [0.4, 0.5) is 5.69 Å². The van der Waals surface area contributed by atoms with Gasteiger partial charge in [0.2, 0.25) is 11.8 Å². The number of para-hydroxylation sites is 1. The number of nitrogens with one attached hydrogen (secondary N) is 1. The van der Waals surface area contributed by atoms with Crippen molar-refractivity contribution in [1.82, 2.24) is 5.32 Å². The van der Waals surface area contributed by atoms with Gasteiger partial charge in [0.25, 0.3) is 0 Å². The molecule has 0 fully saturated rings. The summed E-state index contributed by atoms with van der Waals surface area (Å²) < 4.78 is 5.46. The lowest BCUT2D eigenvalue weighted by Gasteiger charge is -2.21. The number of methoxy groups -OCH3 is 1. The monoisotopic (exact) mass is 415 g/mol. The van der Waals surface area contributed by atoms with Gasteiger partial charge in [-0.15, -0.1) is 0 Å². The van der Waals surface area contributed by atoms with E-state index in [0.29, 0.717) is 18.8 Å². The van der Waals surface area contributed by atoms with Crippen LogP contribution in [0.25, 0.3) is 10.8 Å². The van der Waals surface area contributed by atoms with E-state index < -0.39 is 0 Å². The highest BCUT2D eigenvalue weighted by molar-refractivity contribution is 5.95. The molecule has 0 atom stereocenters. The van der Waals surface area contributed by atoms with E-state index in [-0.39, 0.29) is 31.1 Å². The van der Waals surface area contributed by atoms with Gasteiger partial charge >= 0.3 is 0 Å². The van der Waals surface area contributed by atoms with E-state index in [2.05, 4.69) is 11.4 Å². The molecular formula is C25H25N3O3. The molecular weight excluding hydrogens is 390 g/mol. The van der Waals surface area contributed by atoms with Crippen LogP contribution in [0.2, 0.25) is 0 Å². The highest BCUT2D eigenvalue weighted by atomic mass is 16.5. The first kappa shape index (κ1) is 21.8. The molecule has 3 aromatic rings. The Labute approximate surface area is 182 Å². The fourth-order valence-corrected chi connectivity index (χ4v) is 3.49. The number of amides is 2. The number of rotatable bonds is 9. The Bertz CT molecular complexity index is 1090. The fraction of sp³-hybridized carbons (Fsp3) is 0.240. The summed E-state index contributed by atoms with van der Waals surface area (Å²) in [7, 11) is 1.60. The van der Waals surface area contributed by atoms with Gasteiger partial charge in [-0.25, -0.2) is 0 Å². The summed E-state index contributed by atoms with van der Waals surface area (Å²) in [6.07, 6.45) is 0.369. The predicted octanol–water partition coefficient (Wildman–Crippen LogP) is 4.19. The highest BCUT2D eigenvalue weighted by Gasteiger charge is 2.17. The quantitative estimate of drug-likeness (QED) is 0.568. The van der Waals surface area contributed by atoms with E-state index in [1.165, 1.54) is 0 Å². The Hall–Kier alpha value is -3.85. The molecule has 0 aliphatic carbocycles. The third kappa shape index (κ3) is 5.61. The second-order valence-electron chi connectivity index (χ2n) is 7.03. The molecule has 2 amide bonds. The summed E-state index contributed by atoms with van der Waals surface area (Å²) >= 11 is 0. The van der Waals surface area contributed by atoms with E-state index in [1.54, 1.807) is 12.0 Å². The van der Waals surface area contributed by atoms with Crippen LogP contribution in [0.5, 0.6) is 5.75 Å². The SMILES string of the molecule is COc1ccc2ccccc2c1CNC(=O)CCC(=O)N(CCC#N)c1ccccc1. The Balaban J connectivity index is 1.62. The first-order chi connectivity index (χ1) is 15.1. The number of hydrogen-bond donors (Lipinski definition) is 1. The molecule has 0 aliphatic rings. The molecule has 158 valence electrons. The van der Waals surface area contributed by atoms with E-state index in [4.69, 9.17) is 10.00 Å². The normalized spacial score (nSPS) is 10.3. The summed E-state index contributed by atoms with van der Waals surface area (Å²) in [4.78, 5) is 26.7. The van der Waals surface area contributed by atoms with Crippen molar-refractivity contribution < 1.29 is 14.3 Å². The van der Waals surface area contributed by atoms with Crippen molar-refractivity contribution in [3.8, 4) is 11.8 Å². The Morgan fingerprint density at radius 3 is 2.48 bits per heavy atom. The summed E-state index contributed by atoms with van der Waals surface area (Å²) in [6.45, 7) is 0.614. The second-order valence-corrected chi connectivity index (χ2v) is 7.03. The molecule has 0 aliphatic heterocycles. The summed E-state index contributed by atoms with van der Waals surface area (Å²) in [5.41, 5.74) is 1.63. The van der Waals surface area contributed by atoms with Crippen molar-refractivity contribution in [2.45, 2.75) is 25.8 Å². The minimum atomic E-state index is -0.211. The van der Waals surface area contributed by atoms with E-state index in [0.717, 1.165) is 22.0 Å². The van der Waals surface area contributed by atoms with Gasteiger partial charge in [-0.2, -0.15) is 5.26 Å². The Morgan fingerprint density at radius 2 is 1.74 bits per heavy atom. The average molecular weight is 415 g/mol. The number of hydrogen-bond acceptors (Lipinski definition) is 4. The van der Waals surface area contributed by atoms with Gasteiger partial charge in [-0.05, 0) is 29.0 Å². The smallest absolute Gasteiger partial charge is 0.227 e. The first-order valence-electron chi connectivity index (χ1n) is 10.2. The second kappa shape index (κ2) is 10.8. The van der Waals surface area contributed by atoms with Crippen LogP contribution in [-0.4, -0.2) is 25.5 Å². The molecule has 1 N–H and O–H groups in total. The lowest BCUT2D eigenvalue weighted by molar-refractivity contribution is -0.125. The van der Waals surface area contributed by atoms with Gasteiger partial charge in [-0.1, -0.05) is 48.5 Å². The molecule has 0 spiro atoms. The van der Waals surface area contributed by atoms with Gasteiger partial charge in [0, 0.05) is 37.2 Å².